The summed E-state index contributed by atoms with van der Waals surface area (Å²) < 4.78 is 6.45. The molecule has 0 saturated heterocycles. The van der Waals surface area contributed by atoms with Gasteiger partial charge < -0.3 is 10.1 Å². The second kappa shape index (κ2) is 5.76. The molecule has 0 aliphatic rings. The number of nitrogens with zero attached hydrogens (tertiary/aromatic N) is 2. The SMILES string of the molecule is CC(=O)Nc1ccccc1Oc1ncc(I)cn1. The zero-order valence-corrected chi connectivity index (χ0v) is 11.7. The standard InChI is InChI=1S/C12H10IN3O2/c1-8(17)16-10-4-2-3-5-11(10)18-12-14-6-9(13)7-15-12/h2-7H,1H3,(H,16,17). The van der Waals surface area contributed by atoms with Crippen molar-refractivity contribution in [3.8, 4) is 11.8 Å². The number of carbonyl (C=O) groups is 1. The van der Waals surface area contributed by atoms with E-state index in [1.807, 2.05) is 12.1 Å². The van der Waals surface area contributed by atoms with E-state index in [0.717, 1.165) is 3.57 Å². The predicted octanol–water partition coefficient (Wildman–Crippen LogP) is 2.83. The summed E-state index contributed by atoms with van der Waals surface area (Å²) in [6, 6.07) is 7.37. The Labute approximate surface area is 118 Å². The van der Waals surface area contributed by atoms with Gasteiger partial charge in [-0.15, -0.1) is 0 Å². The highest BCUT2D eigenvalue weighted by Crippen LogP contribution is 2.27. The van der Waals surface area contributed by atoms with E-state index in [9.17, 15) is 4.79 Å². The first-order valence-corrected chi connectivity index (χ1v) is 6.25. The lowest BCUT2D eigenvalue weighted by Crippen LogP contribution is -2.07. The maximum atomic E-state index is 11.1. The van der Waals surface area contributed by atoms with Crippen molar-refractivity contribution in [2.24, 2.45) is 0 Å². The highest BCUT2D eigenvalue weighted by atomic mass is 127. The van der Waals surface area contributed by atoms with Gasteiger partial charge in [-0.3, -0.25) is 4.79 Å². The fourth-order valence-corrected chi connectivity index (χ4v) is 1.58. The Kier molecular flexibility index (Phi) is 4.08. The number of rotatable bonds is 3. The van der Waals surface area contributed by atoms with Crippen molar-refractivity contribution in [3.63, 3.8) is 0 Å². The van der Waals surface area contributed by atoms with E-state index >= 15 is 0 Å². The molecule has 0 aliphatic carbocycles. The molecule has 2 rings (SSSR count). The molecule has 0 atom stereocenters. The van der Waals surface area contributed by atoms with Crippen LogP contribution in [0.25, 0.3) is 0 Å². The highest BCUT2D eigenvalue weighted by molar-refractivity contribution is 14.1. The average molecular weight is 355 g/mol. The molecule has 0 spiro atoms. The van der Waals surface area contributed by atoms with E-state index in [0.29, 0.717) is 11.4 Å². The van der Waals surface area contributed by atoms with Crippen LogP contribution in [0.15, 0.2) is 36.7 Å². The minimum atomic E-state index is -0.158. The second-order valence-electron chi connectivity index (χ2n) is 3.46. The Morgan fingerprint density at radius 2 is 1.94 bits per heavy atom. The number of para-hydroxylation sites is 2. The molecule has 6 heteroatoms. The number of hydrogen-bond donors (Lipinski definition) is 1. The zero-order chi connectivity index (χ0) is 13.0. The predicted molar refractivity (Wildman–Crippen MR) is 75.6 cm³/mol. The third kappa shape index (κ3) is 3.39. The normalized spacial score (nSPS) is 9.89. The van der Waals surface area contributed by atoms with Crippen molar-refractivity contribution in [1.29, 1.82) is 0 Å². The summed E-state index contributed by atoms with van der Waals surface area (Å²) in [5.41, 5.74) is 0.590. The summed E-state index contributed by atoms with van der Waals surface area (Å²) in [4.78, 5) is 19.1. The van der Waals surface area contributed by atoms with Gasteiger partial charge in [0.05, 0.1) is 5.69 Å². The Morgan fingerprint density at radius 3 is 2.61 bits per heavy atom. The van der Waals surface area contributed by atoms with Gasteiger partial charge in [-0.25, -0.2) is 9.97 Å². The molecule has 5 nitrogen and oxygen atoms in total. The Morgan fingerprint density at radius 1 is 1.28 bits per heavy atom. The molecular weight excluding hydrogens is 345 g/mol. The summed E-state index contributed by atoms with van der Waals surface area (Å²) in [6.07, 6.45) is 3.31. The number of amides is 1. The fourth-order valence-electron chi connectivity index (χ4n) is 1.30. The van der Waals surface area contributed by atoms with Crippen molar-refractivity contribution in [2.75, 3.05) is 5.32 Å². The van der Waals surface area contributed by atoms with Gasteiger partial charge in [-0.05, 0) is 34.7 Å². The lowest BCUT2D eigenvalue weighted by Gasteiger charge is -2.09. The number of hydrogen-bond acceptors (Lipinski definition) is 4. The number of halogens is 1. The van der Waals surface area contributed by atoms with Crippen LogP contribution in [-0.2, 0) is 4.79 Å². The van der Waals surface area contributed by atoms with Gasteiger partial charge in [0.1, 0.15) is 0 Å². The summed E-state index contributed by atoms with van der Waals surface area (Å²) in [7, 11) is 0. The summed E-state index contributed by atoms with van der Waals surface area (Å²) in [5.74, 6) is 0.350. The van der Waals surface area contributed by atoms with Crippen LogP contribution >= 0.6 is 22.6 Å². The number of aromatic nitrogens is 2. The van der Waals surface area contributed by atoms with Crippen LogP contribution in [0, 0.1) is 3.57 Å². The van der Waals surface area contributed by atoms with Crippen LogP contribution < -0.4 is 10.1 Å². The number of anilines is 1. The van der Waals surface area contributed by atoms with Crippen LogP contribution in [0.3, 0.4) is 0 Å². The lowest BCUT2D eigenvalue weighted by atomic mass is 10.3. The first-order valence-electron chi connectivity index (χ1n) is 5.17. The largest absolute Gasteiger partial charge is 0.422 e. The molecular formula is C12H10IN3O2. The quantitative estimate of drug-likeness (QED) is 0.860. The molecule has 1 amide bonds. The third-order valence-electron chi connectivity index (χ3n) is 2.00. The minimum Gasteiger partial charge on any atom is -0.422 e. The average Bonchev–Trinajstić information content (AvgIpc) is 2.34. The van der Waals surface area contributed by atoms with E-state index in [1.54, 1.807) is 24.5 Å². The van der Waals surface area contributed by atoms with E-state index < -0.39 is 0 Å². The molecule has 1 aromatic heterocycles. The number of nitrogens with one attached hydrogen (secondary N) is 1. The smallest absolute Gasteiger partial charge is 0.322 e. The molecule has 0 saturated carbocycles. The zero-order valence-electron chi connectivity index (χ0n) is 9.55. The summed E-state index contributed by atoms with van der Waals surface area (Å²) >= 11 is 2.11. The fraction of sp³-hybridized carbons (Fsp3) is 0.0833. The van der Waals surface area contributed by atoms with Gasteiger partial charge in [0.15, 0.2) is 5.75 Å². The molecule has 0 bridgehead atoms. The summed E-state index contributed by atoms with van der Waals surface area (Å²) in [6.45, 7) is 1.44. The van der Waals surface area contributed by atoms with Crippen molar-refractivity contribution >= 4 is 34.2 Å². The van der Waals surface area contributed by atoms with E-state index in [1.165, 1.54) is 6.92 Å². The maximum Gasteiger partial charge on any atom is 0.322 e. The van der Waals surface area contributed by atoms with Crippen LogP contribution in [0.4, 0.5) is 5.69 Å². The Hall–Kier alpha value is -1.70. The molecule has 1 aromatic carbocycles. The first-order chi connectivity index (χ1) is 8.65. The van der Waals surface area contributed by atoms with Crippen molar-refractivity contribution in [1.82, 2.24) is 9.97 Å². The van der Waals surface area contributed by atoms with Crippen molar-refractivity contribution in [3.05, 3.63) is 40.2 Å². The molecule has 0 radical (unpaired) electrons. The molecule has 1 N–H and O–H groups in total. The van der Waals surface area contributed by atoms with E-state index in [-0.39, 0.29) is 11.9 Å². The topological polar surface area (TPSA) is 64.1 Å². The van der Waals surface area contributed by atoms with Gasteiger partial charge in [-0.1, -0.05) is 12.1 Å². The molecule has 18 heavy (non-hydrogen) atoms. The van der Waals surface area contributed by atoms with E-state index in [2.05, 4.69) is 37.9 Å². The molecule has 0 aliphatic heterocycles. The molecule has 0 unspecified atom stereocenters. The lowest BCUT2D eigenvalue weighted by molar-refractivity contribution is -0.114. The van der Waals surface area contributed by atoms with Crippen LogP contribution in [-0.4, -0.2) is 15.9 Å². The molecule has 0 fully saturated rings. The van der Waals surface area contributed by atoms with E-state index in [4.69, 9.17) is 4.74 Å². The van der Waals surface area contributed by atoms with Gasteiger partial charge in [0.25, 0.3) is 0 Å². The van der Waals surface area contributed by atoms with Gasteiger partial charge in [-0.2, -0.15) is 0 Å². The van der Waals surface area contributed by atoms with Crippen molar-refractivity contribution in [2.45, 2.75) is 6.92 Å². The first kappa shape index (κ1) is 12.7. The van der Waals surface area contributed by atoms with Crippen LogP contribution in [0.2, 0.25) is 0 Å². The maximum absolute atomic E-state index is 11.1. The minimum absolute atomic E-state index is 0.158. The monoisotopic (exact) mass is 355 g/mol. The molecule has 1 heterocycles. The number of carbonyl (C=O) groups excluding carboxylic acids is 1. The number of benzene rings is 1. The second-order valence-corrected chi connectivity index (χ2v) is 4.71. The van der Waals surface area contributed by atoms with Gasteiger partial charge in [0.2, 0.25) is 5.91 Å². The van der Waals surface area contributed by atoms with Crippen LogP contribution in [0.1, 0.15) is 6.92 Å². The summed E-state index contributed by atoms with van der Waals surface area (Å²) in [5, 5.41) is 2.68. The molecule has 92 valence electrons. The Bertz CT molecular complexity index is 558. The van der Waals surface area contributed by atoms with Crippen LogP contribution in [0.5, 0.6) is 11.8 Å². The number of ether oxygens (including phenoxy) is 1. The van der Waals surface area contributed by atoms with Gasteiger partial charge >= 0.3 is 6.01 Å². The van der Waals surface area contributed by atoms with Crippen molar-refractivity contribution < 1.29 is 9.53 Å². The van der Waals surface area contributed by atoms with Gasteiger partial charge in [0, 0.05) is 22.9 Å². The third-order valence-corrected chi connectivity index (χ3v) is 2.55. The Balaban J connectivity index is 2.23. The molecule has 2 aromatic rings. The highest BCUT2D eigenvalue weighted by Gasteiger charge is 2.07.